The Morgan fingerprint density at radius 2 is 1.86 bits per heavy atom. The molecular formula is C22H29NO4S. The molecule has 6 heteroatoms. The maximum Gasteiger partial charge on any atom is 0.287 e. The summed E-state index contributed by atoms with van der Waals surface area (Å²) >= 11 is 0. The molecule has 1 fully saturated rings. The standard InChI is InChI=1S/C22H29NO4S/c1-15(2)19-11-9-16(3)13-20(19)23-22(24)21-12-10-17(27-21)14-28(25,26)18-7-5-4-6-8-18/h4-8,10,12,15-16,19-20H,9,11,13-14H2,1-3H3,(H,23,24). The number of carbonyl (C=O) groups excluding carboxylic acids is 1. The molecule has 1 N–H and O–H groups in total. The minimum atomic E-state index is -3.51. The topological polar surface area (TPSA) is 76.4 Å². The van der Waals surface area contributed by atoms with E-state index in [0.29, 0.717) is 17.8 Å². The van der Waals surface area contributed by atoms with Crippen molar-refractivity contribution in [3.63, 3.8) is 0 Å². The summed E-state index contributed by atoms with van der Waals surface area (Å²) in [6.45, 7) is 6.60. The van der Waals surface area contributed by atoms with Gasteiger partial charge in [-0.2, -0.15) is 0 Å². The molecule has 28 heavy (non-hydrogen) atoms. The number of amides is 1. The first-order valence-corrected chi connectivity index (χ1v) is 11.6. The molecule has 1 aliphatic carbocycles. The lowest BCUT2D eigenvalue weighted by molar-refractivity contribution is 0.0838. The molecule has 1 aromatic carbocycles. The van der Waals surface area contributed by atoms with Crippen LogP contribution in [0.4, 0.5) is 0 Å². The number of nitrogens with one attached hydrogen (secondary N) is 1. The molecule has 1 amide bonds. The average Bonchev–Trinajstić information content (AvgIpc) is 3.10. The van der Waals surface area contributed by atoms with Gasteiger partial charge in [0.1, 0.15) is 11.5 Å². The molecule has 0 radical (unpaired) electrons. The number of hydrogen-bond acceptors (Lipinski definition) is 4. The van der Waals surface area contributed by atoms with Gasteiger partial charge in [0, 0.05) is 6.04 Å². The first-order chi connectivity index (χ1) is 13.3. The molecule has 5 nitrogen and oxygen atoms in total. The summed E-state index contributed by atoms with van der Waals surface area (Å²) in [7, 11) is -3.51. The van der Waals surface area contributed by atoms with E-state index in [1.165, 1.54) is 6.42 Å². The van der Waals surface area contributed by atoms with Crippen LogP contribution in [0.5, 0.6) is 0 Å². The molecule has 3 unspecified atom stereocenters. The lowest BCUT2D eigenvalue weighted by Gasteiger charge is -2.37. The van der Waals surface area contributed by atoms with Crippen LogP contribution in [0, 0.1) is 17.8 Å². The third-order valence-electron chi connectivity index (χ3n) is 5.66. The molecular weight excluding hydrogens is 374 g/mol. The van der Waals surface area contributed by atoms with Crippen molar-refractivity contribution in [1.29, 1.82) is 0 Å². The fourth-order valence-corrected chi connectivity index (χ4v) is 5.35. The summed E-state index contributed by atoms with van der Waals surface area (Å²) in [6, 6.07) is 11.5. The van der Waals surface area contributed by atoms with Crippen LogP contribution in [0.15, 0.2) is 51.8 Å². The van der Waals surface area contributed by atoms with Crippen molar-refractivity contribution in [3.05, 3.63) is 54.0 Å². The van der Waals surface area contributed by atoms with Gasteiger partial charge < -0.3 is 9.73 Å². The van der Waals surface area contributed by atoms with E-state index >= 15 is 0 Å². The molecule has 0 bridgehead atoms. The molecule has 2 aromatic rings. The van der Waals surface area contributed by atoms with E-state index in [4.69, 9.17) is 4.42 Å². The van der Waals surface area contributed by atoms with Crippen molar-refractivity contribution in [2.75, 3.05) is 0 Å². The minimum Gasteiger partial charge on any atom is -0.455 e. The van der Waals surface area contributed by atoms with Gasteiger partial charge in [-0.3, -0.25) is 4.79 Å². The van der Waals surface area contributed by atoms with Gasteiger partial charge in [0.2, 0.25) is 0 Å². The normalized spacial score (nSPS) is 22.9. The second-order valence-corrected chi connectivity index (χ2v) is 10.2. The van der Waals surface area contributed by atoms with Gasteiger partial charge in [-0.25, -0.2) is 8.42 Å². The number of hydrogen-bond donors (Lipinski definition) is 1. The van der Waals surface area contributed by atoms with Crippen molar-refractivity contribution in [2.45, 2.75) is 56.7 Å². The molecule has 3 rings (SSSR count). The fraction of sp³-hybridized carbons (Fsp3) is 0.500. The predicted octanol–water partition coefficient (Wildman–Crippen LogP) is 4.44. The summed E-state index contributed by atoms with van der Waals surface area (Å²) < 4.78 is 30.6. The van der Waals surface area contributed by atoms with Crippen LogP contribution in [-0.4, -0.2) is 20.4 Å². The van der Waals surface area contributed by atoms with Crippen LogP contribution < -0.4 is 5.32 Å². The Balaban J connectivity index is 1.68. The van der Waals surface area contributed by atoms with Gasteiger partial charge in [-0.15, -0.1) is 0 Å². The van der Waals surface area contributed by atoms with Gasteiger partial charge >= 0.3 is 0 Å². The highest BCUT2D eigenvalue weighted by molar-refractivity contribution is 7.90. The van der Waals surface area contributed by atoms with Crippen LogP contribution in [0.3, 0.4) is 0 Å². The zero-order chi connectivity index (χ0) is 20.3. The molecule has 1 aliphatic rings. The second kappa shape index (κ2) is 8.52. The van der Waals surface area contributed by atoms with Gasteiger partial charge in [0.25, 0.3) is 5.91 Å². The zero-order valence-electron chi connectivity index (χ0n) is 16.7. The fourth-order valence-electron chi connectivity index (χ4n) is 4.08. The van der Waals surface area contributed by atoms with Crippen LogP contribution in [0.2, 0.25) is 0 Å². The van der Waals surface area contributed by atoms with Crippen LogP contribution in [-0.2, 0) is 15.6 Å². The van der Waals surface area contributed by atoms with E-state index in [0.717, 1.165) is 12.8 Å². The van der Waals surface area contributed by atoms with Crippen molar-refractivity contribution in [1.82, 2.24) is 5.32 Å². The quantitative estimate of drug-likeness (QED) is 0.773. The van der Waals surface area contributed by atoms with Crippen molar-refractivity contribution in [3.8, 4) is 0 Å². The van der Waals surface area contributed by atoms with Crippen molar-refractivity contribution >= 4 is 15.7 Å². The predicted molar refractivity (Wildman–Crippen MR) is 109 cm³/mol. The van der Waals surface area contributed by atoms with E-state index in [2.05, 4.69) is 26.1 Å². The van der Waals surface area contributed by atoms with Gasteiger partial charge in [-0.05, 0) is 54.9 Å². The van der Waals surface area contributed by atoms with Gasteiger partial charge in [0.15, 0.2) is 15.6 Å². The van der Waals surface area contributed by atoms with Crippen LogP contribution >= 0.6 is 0 Å². The molecule has 152 valence electrons. The Morgan fingerprint density at radius 3 is 2.54 bits per heavy atom. The smallest absolute Gasteiger partial charge is 0.287 e. The van der Waals surface area contributed by atoms with E-state index < -0.39 is 9.84 Å². The Kier molecular flexibility index (Phi) is 6.28. The number of carbonyl (C=O) groups is 1. The Bertz CT molecular complexity index is 902. The summed E-state index contributed by atoms with van der Waals surface area (Å²) in [5.74, 6) is 1.44. The van der Waals surface area contributed by atoms with E-state index in [9.17, 15) is 13.2 Å². The minimum absolute atomic E-state index is 0.123. The van der Waals surface area contributed by atoms with Crippen molar-refractivity contribution < 1.29 is 17.6 Å². The zero-order valence-corrected chi connectivity index (χ0v) is 17.5. The molecule has 0 saturated heterocycles. The second-order valence-electron chi connectivity index (χ2n) is 8.24. The van der Waals surface area contributed by atoms with E-state index in [1.54, 1.807) is 42.5 Å². The third kappa shape index (κ3) is 4.85. The highest BCUT2D eigenvalue weighted by Crippen LogP contribution is 2.33. The number of furan rings is 1. The number of sulfone groups is 1. The summed E-state index contributed by atoms with van der Waals surface area (Å²) in [4.78, 5) is 12.9. The molecule has 3 atom stereocenters. The lowest BCUT2D eigenvalue weighted by Crippen LogP contribution is -2.45. The first kappa shape index (κ1) is 20.6. The molecule has 1 saturated carbocycles. The highest BCUT2D eigenvalue weighted by Gasteiger charge is 2.32. The monoisotopic (exact) mass is 403 g/mol. The number of benzene rings is 1. The summed E-state index contributed by atoms with van der Waals surface area (Å²) in [5, 5.41) is 3.12. The Hall–Kier alpha value is -2.08. The van der Waals surface area contributed by atoms with Gasteiger partial charge in [-0.1, -0.05) is 45.4 Å². The molecule has 0 aliphatic heterocycles. The molecule has 1 aromatic heterocycles. The van der Waals surface area contributed by atoms with E-state index in [1.807, 2.05) is 0 Å². The molecule has 0 spiro atoms. The maximum absolute atomic E-state index is 12.7. The Labute approximate surface area is 167 Å². The summed E-state index contributed by atoms with van der Waals surface area (Å²) in [5.41, 5.74) is 0. The third-order valence-corrected chi connectivity index (χ3v) is 7.31. The van der Waals surface area contributed by atoms with Gasteiger partial charge in [0.05, 0.1) is 4.90 Å². The average molecular weight is 404 g/mol. The van der Waals surface area contributed by atoms with Crippen LogP contribution in [0.1, 0.15) is 56.3 Å². The maximum atomic E-state index is 12.7. The van der Waals surface area contributed by atoms with Crippen LogP contribution in [0.25, 0.3) is 0 Å². The first-order valence-electron chi connectivity index (χ1n) is 9.93. The lowest BCUT2D eigenvalue weighted by atomic mass is 9.74. The number of rotatable bonds is 6. The molecule has 1 heterocycles. The Morgan fingerprint density at radius 1 is 1.14 bits per heavy atom. The highest BCUT2D eigenvalue weighted by atomic mass is 32.2. The van der Waals surface area contributed by atoms with Crippen molar-refractivity contribution in [2.24, 2.45) is 17.8 Å². The SMILES string of the molecule is CC1CCC(C(C)C)C(NC(=O)c2ccc(CS(=O)(=O)c3ccccc3)o2)C1. The van der Waals surface area contributed by atoms with E-state index in [-0.39, 0.29) is 34.1 Å². The summed E-state index contributed by atoms with van der Waals surface area (Å²) in [6.07, 6.45) is 3.27. The largest absolute Gasteiger partial charge is 0.455 e.